The third-order valence-corrected chi connectivity index (χ3v) is 3.54. The molecule has 0 atom stereocenters. The van der Waals surface area contributed by atoms with E-state index in [0.29, 0.717) is 0 Å². The van der Waals surface area contributed by atoms with Gasteiger partial charge in [0.25, 0.3) is 0 Å². The van der Waals surface area contributed by atoms with Crippen LogP contribution in [0.4, 0.5) is 5.82 Å². The standard InChI is InChI=1S/C13H22N4/c1-3-12-10(2)13(17-9-16-12)15-8-11-4-6-14-7-5-11/h9,11,14H,3-8H2,1-2H3,(H,15,16,17). The molecule has 1 aliphatic rings. The molecule has 2 N–H and O–H groups in total. The van der Waals surface area contributed by atoms with Crippen molar-refractivity contribution in [2.24, 2.45) is 5.92 Å². The van der Waals surface area contributed by atoms with Crippen LogP contribution >= 0.6 is 0 Å². The second-order valence-electron chi connectivity index (χ2n) is 4.72. The van der Waals surface area contributed by atoms with Crippen LogP contribution < -0.4 is 10.6 Å². The molecule has 0 bridgehead atoms. The SMILES string of the molecule is CCc1ncnc(NCC2CCNCC2)c1C. The van der Waals surface area contributed by atoms with Gasteiger partial charge in [-0.25, -0.2) is 9.97 Å². The Bertz CT molecular complexity index is 358. The Labute approximate surface area is 103 Å². The molecule has 94 valence electrons. The lowest BCUT2D eigenvalue weighted by Crippen LogP contribution is -2.31. The second-order valence-corrected chi connectivity index (χ2v) is 4.72. The highest BCUT2D eigenvalue weighted by molar-refractivity contribution is 5.44. The lowest BCUT2D eigenvalue weighted by molar-refractivity contribution is 0.389. The number of piperidine rings is 1. The molecule has 17 heavy (non-hydrogen) atoms. The molecule has 0 unspecified atom stereocenters. The maximum Gasteiger partial charge on any atom is 0.132 e. The summed E-state index contributed by atoms with van der Waals surface area (Å²) in [6, 6.07) is 0. The highest BCUT2D eigenvalue weighted by atomic mass is 15.0. The van der Waals surface area contributed by atoms with Gasteiger partial charge < -0.3 is 10.6 Å². The van der Waals surface area contributed by atoms with Crippen molar-refractivity contribution in [1.29, 1.82) is 0 Å². The second kappa shape index (κ2) is 5.96. The van der Waals surface area contributed by atoms with Crippen LogP contribution in [0.15, 0.2) is 6.33 Å². The van der Waals surface area contributed by atoms with Crippen LogP contribution in [0, 0.1) is 12.8 Å². The number of hydrogen-bond donors (Lipinski definition) is 2. The van der Waals surface area contributed by atoms with Crippen molar-refractivity contribution in [3.05, 3.63) is 17.6 Å². The first-order valence-corrected chi connectivity index (χ1v) is 6.56. The fourth-order valence-corrected chi connectivity index (χ4v) is 2.35. The zero-order valence-corrected chi connectivity index (χ0v) is 10.8. The van der Waals surface area contributed by atoms with Crippen molar-refractivity contribution in [3.8, 4) is 0 Å². The first-order valence-electron chi connectivity index (χ1n) is 6.56. The fourth-order valence-electron chi connectivity index (χ4n) is 2.35. The summed E-state index contributed by atoms with van der Waals surface area (Å²) in [5, 5.41) is 6.87. The Balaban J connectivity index is 1.93. The van der Waals surface area contributed by atoms with E-state index in [1.54, 1.807) is 6.33 Å². The van der Waals surface area contributed by atoms with Gasteiger partial charge in [-0.15, -0.1) is 0 Å². The highest BCUT2D eigenvalue weighted by Gasteiger charge is 2.13. The Hall–Kier alpha value is -1.16. The lowest BCUT2D eigenvalue weighted by atomic mass is 9.98. The predicted octanol–water partition coefficient (Wildman–Crippen LogP) is 1.76. The zero-order valence-electron chi connectivity index (χ0n) is 10.8. The molecule has 0 aromatic carbocycles. The Morgan fingerprint density at radius 2 is 2.12 bits per heavy atom. The number of nitrogens with zero attached hydrogens (tertiary/aromatic N) is 2. The predicted molar refractivity (Wildman–Crippen MR) is 70.2 cm³/mol. The van der Waals surface area contributed by atoms with E-state index in [2.05, 4.69) is 34.4 Å². The van der Waals surface area contributed by atoms with E-state index >= 15 is 0 Å². The van der Waals surface area contributed by atoms with Gasteiger partial charge in [0.15, 0.2) is 0 Å². The molecule has 4 nitrogen and oxygen atoms in total. The van der Waals surface area contributed by atoms with Gasteiger partial charge in [-0.3, -0.25) is 0 Å². The average Bonchev–Trinajstić information content (AvgIpc) is 2.39. The number of hydrogen-bond acceptors (Lipinski definition) is 4. The molecule has 0 spiro atoms. The topological polar surface area (TPSA) is 49.8 Å². The zero-order chi connectivity index (χ0) is 12.1. The number of anilines is 1. The van der Waals surface area contributed by atoms with Gasteiger partial charge in [-0.05, 0) is 45.2 Å². The van der Waals surface area contributed by atoms with Crippen molar-refractivity contribution in [3.63, 3.8) is 0 Å². The van der Waals surface area contributed by atoms with Crippen molar-refractivity contribution < 1.29 is 0 Å². The summed E-state index contributed by atoms with van der Waals surface area (Å²) in [7, 11) is 0. The molecule has 1 saturated heterocycles. The molecule has 0 radical (unpaired) electrons. The van der Waals surface area contributed by atoms with E-state index in [-0.39, 0.29) is 0 Å². The van der Waals surface area contributed by atoms with Crippen LogP contribution in [0.25, 0.3) is 0 Å². The lowest BCUT2D eigenvalue weighted by Gasteiger charge is -2.23. The Kier molecular flexibility index (Phi) is 4.31. The highest BCUT2D eigenvalue weighted by Crippen LogP contribution is 2.17. The van der Waals surface area contributed by atoms with Crippen LogP contribution in [0.5, 0.6) is 0 Å². The van der Waals surface area contributed by atoms with E-state index in [4.69, 9.17) is 0 Å². The summed E-state index contributed by atoms with van der Waals surface area (Å²) < 4.78 is 0. The molecule has 4 heteroatoms. The van der Waals surface area contributed by atoms with Crippen molar-refractivity contribution in [2.45, 2.75) is 33.1 Å². The molecule has 1 aromatic heterocycles. The molecule has 2 heterocycles. The molecular weight excluding hydrogens is 212 g/mol. The van der Waals surface area contributed by atoms with E-state index in [0.717, 1.165) is 43.5 Å². The van der Waals surface area contributed by atoms with E-state index in [1.807, 2.05) is 0 Å². The van der Waals surface area contributed by atoms with Crippen LogP contribution in [0.1, 0.15) is 31.0 Å². The third-order valence-electron chi connectivity index (χ3n) is 3.54. The van der Waals surface area contributed by atoms with Crippen molar-refractivity contribution in [1.82, 2.24) is 15.3 Å². The summed E-state index contributed by atoms with van der Waals surface area (Å²) in [6.07, 6.45) is 5.16. The molecular formula is C13H22N4. The van der Waals surface area contributed by atoms with E-state index < -0.39 is 0 Å². The van der Waals surface area contributed by atoms with Crippen LogP contribution in [0.3, 0.4) is 0 Å². The van der Waals surface area contributed by atoms with Gasteiger partial charge in [-0.1, -0.05) is 6.92 Å². The number of aromatic nitrogens is 2. The Morgan fingerprint density at radius 3 is 2.82 bits per heavy atom. The van der Waals surface area contributed by atoms with Gasteiger partial charge in [0.1, 0.15) is 12.1 Å². The van der Waals surface area contributed by atoms with Gasteiger partial charge in [0.2, 0.25) is 0 Å². The van der Waals surface area contributed by atoms with Crippen molar-refractivity contribution >= 4 is 5.82 Å². The summed E-state index contributed by atoms with van der Waals surface area (Å²) in [5.41, 5.74) is 2.34. The Morgan fingerprint density at radius 1 is 1.35 bits per heavy atom. The van der Waals surface area contributed by atoms with E-state index in [9.17, 15) is 0 Å². The van der Waals surface area contributed by atoms with Gasteiger partial charge in [0, 0.05) is 17.8 Å². The van der Waals surface area contributed by atoms with Crippen molar-refractivity contribution in [2.75, 3.05) is 25.0 Å². The molecule has 0 saturated carbocycles. The van der Waals surface area contributed by atoms with Crippen LogP contribution in [-0.4, -0.2) is 29.6 Å². The van der Waals surface area contributed by atoms with Crippen LogP contribution in [-0.2, 0) is 6.42 Å². The monoisotopic (exact) mass is 234 g/mol. The molecule has 2 rings (SSSR count). The largest absolute Gasteiger partial charge is 0.369 e. The van der Waals surface area contributed by atoms with Crippen LogP contribution in [0.2, 0.25) is 0 Å². The smallest absolute Gasteiger partial charge is 0.132 e. The summed E-state index contributed by atoms with van der Waals surface area (Å²) >= 11 is 0. The molecule has 1 fully saturated rings. The molecule has 1 aromatic rings. The minimum absolute atomic E-state index is 0.774. The van der Waals surface area contributed by atoms with Gasteiger partial charge in [0.05, 0.1) is 0 Å². The maximum absolute atomic E-state index is 4.33. The summed E-state index contributed by atoms with van der Waals surface area (Å²) in [4.78, 5) is 8.62. The first kappa shape index (κ1) is 12.3. The van der Waals surface area contributed by atoms with E-state index in [1.165, 1.54) is 18.4 Å². The number of aryl methyl sites for hydroxylation is 1. The first-order chi connectivity index (χ1) is 8.31. The average molecular weight is 234 g/mol. The molecule has 0 aliphatic carbocycles. The summed E-state index contributed by atoms with van der Waals surface area (Å²) in [5.74, 6) is 1.78. The molecule has 0 amide bonds. The summed E-state index contributed by atoms with van der Waals surface area (Å²) in [6.45, 7) is 7.56. The normalized spacial score (nSPS) is 17.1. The molecule has 1 aliphatic heterocycles. The maximum atomic E-state index is 4.33. The quantitative estimate of drug-likeness (QED) is 0.833. The minimum Gasteiger partial charge on any atom is -0.369 e. The van der Waals surface area contributed by atoms with Gasteiger partial charge >= 0.3 is 0 Å². The van der Waals surface area contributed by atoms with Gasteiger partial charge in [-0.2, -0.15) is 0 Å². The number of nitrogens with one attached hydrogen (secondary N) is 2. The third kappa shape index (κ3) is 3.16. The minimum atomic E-state index is 0.774. The number of rotatable bonds is 4. The fraction of sp³-hybridized carbons (Fsp3) is 0.692.